The molecule has 1 aliphatic rings. The average molecular weight is 415 g/mol. The van der Waals surface area contributed by atoms with Crippen LogP contribution < -0.4 is 0 Å². The predicted molar refractivity (Wildman–Crippen MR) is 115 cm³/mol. The summed E-state index contributed by atoms with van der Waals surface area (Å²) in [6, 6.07) is 13.2. The van der Waals surface area contributed by atoms with Gasteiger partial charge in [0, 0.05) is 32.2 Å². The second kappa shape index (κ2) is 9.09. The first-order valence-corrected chi connectivity index (χ1v) is 11.7. The van der Waals surface area contributed by atoms with E-state index in [2.05, 4.69) is 19.1 Å². The molecule has 0 saturated carbocycles. The normalized spacial score (nSPS) is 15.3. The molecule has 1 fully saturated rings. The summed E-state index contributed by atoms with van der Waals surface area (Å²) >= 11 is 0. The van der Waals surface area contributed by atoms with E-state index in [-0.39, 0.29) is 10.8 Å². The van der Waals surface area contributed by atoms with Gasteiger partial charge in [0.25, 0.3) is 5.91 Å². The van der Waals surface area contributed by atoms with Crippen molar-refractivity contribution in [3.63, 3.8) is 0 Å². The Bertz CT molecular complexity index is 962. The lowest BCUT2D eigenvalue weighted by molar-refractivity contribution is 0.0785. The van der Waals surface area contributed by atoms with Crippen molar-refractivity contribution in [1.29, 1.82) is 0 Å². The Balaban J connectivity index is 1.81. The lowest BCUT2D eigenvalue weighted by Crippen LogP contribution is -2.36. The fourth-order valence-corrected chi connectivity index (χ4v) is 5.47. The Morgan fingerprint density at radius 1 is 1.00 bits per heavy atom. The zero-order valence-electron chi connectivity index (χ0n) is 17.5. The van der Waals surface area contributed by atoms with Crippen molar-refractivity contribution < 1.29 is 13.2 Å². The number of carbonyl (C=O) groups is 1. The van der Waals surface area contributed by atoms with E-state index in [4.69, 9.17) is 0 Å². The summed E-state index contributed by atoms with van der Waals surface area (Å²) in [6.45, 7) is 5.47. The third-order valence-corrected chi connectivity index (χ3v) is 7.61. The minimum Gasteiger partial charge on any atom is -0.337 e. The summed E-state index contributed by atoms with van der Waals surface area (Å²) in [5, 5.41) is 0. The predicted octanol–water partition coefficient (Wildman–Crippen LogP) is 4.00. The lowest BCUT2D eigenvalue weighted by atomic mass is 10.1. The van der Waals surface area contributed by atoms with Crippen LogP contribution in [0, 0.1) is 6.92 Å². The van der Waals surface area contributed by atoms with Crippen LogP contribution in [-0.4, -0.2) is 43.7 Å². The molecule has 0 bridgehead atoms. The first-order valence-electron chi connectivity index (χ1n) is 10.3. The molecule has 2 aromatic carbocycles. The molecule has 1 amide bonds. The van der Waals surface area contributed by atoms with E-state index in [0.29, 0.717) is 30.8 Å². The number of sulfonamides is 1. The quantitative estimate of drug-likeness (QED) is 0.718. The molecule has 0 radical (unpaired) electrons. The molecule has 156 valence electrons. The maximum Gasteiger partial charge on any atom is 0.253 e. The van der Waals surface area contributed by atoms with Crippen molar-refractivity contribution in [3.8, 4) is 0 Å². The minimum absolute atomic E-state index is 0.181. The van der Waals surface area contributed by atoms with Gasteiger partial charge in [0.2, 0.25) is 10.0 Å². The Labute approximate surface area is 174 Å². The number of rotatable bonds is 6. The summed E-state index contributed by atoms with van der Waals surface area (Å²) < 4.78 is 27.8. The molecule has 1 heterocycles. The molecular weight excluding hydrogens is 384 g/mol. The maximum atomic E-state index is 13.1. The molecule has 0 unspecified atom stereocenters. The van der Waals surface area contributed by atoms with Crippen LogP contribution in [0.25, 0.3) is 0 Å². The highest BCUT2D eigenvalue weighted by Gasteiger charge is 2.28. The van der Waals surface area contributed by atoms with Gasteiger partial charge >= 0.3 is 0 Å². The number of aryl methyl sites for hydroxylation is 2. The van der Waals surface area contributed by atoms with Crippen molar-refractivity contribution in [2.24, 2.45) is 0 Å². The number of piperidine rings is 1. The molecule has 2 aromatic rings. The van der Waals surface area contributed by atoms with Gasteiger partial charge in [-0.25, -0.2) is 8.42 Å². The largest absolute Gasteiger partial charge is 0.337 e. The van der Waals surface area contributed by atoms with E-state index in [0.717, 1.165) is 31.2 Å². The number of carbonyl (C=O) groups excluding carboxylic acids is 1. The van der Waals surface area contributed by atoms with Gasteiger partial charge in [-0.15, -0.1) is 0 Å². The topological polar surface area (TPSA) is 57.7 Å². The summed E-state index contributed by atoms with van der Waals surface area (Å²) in [5.74, 6) is -0.181. The Morgan fingerprint density at radius 3 is 2.24 bits per heavy atom. The van der Waals surface area contributed by atoms with Crippen LogP contribution in [0.4, 0.5) is 0 Å². The first kappa shape index (κ1) is 21.5. The molecule has 0 spiro atoms. The van der Waals surface area contributed by atoms with Crippen LogP contribution in [0.15, 0.2) is 47.4 Å². The van der Waals surface area contributed by atoms with Crippen molar-refractivity contribution >= 4 is 15.9 Å². The minimum atomic E-state index is -3.58. The van der Waals surface area contributed by atoms with Crippen molar-refractivity contribution in [2.75, 3.05) is 20.1 Å². The number of benzene rings is 2. The van der Waals surface area contributed by atoms with Gasteiger partial charge < -0.3 is 4.90 Å². The van der Waals surface area contributed by atoms with E-state index in [1.54, 1.807) is 35.3 Å². The smallest absolute Gasteiger partial charge is 0.253 e. The molecule has 0 aromatic heterocycles. The molecule has 0 atom stereocenters. The molecule has 1 saturated heterocycles. The summed E-state index contributed by atoms with van der Waals surface area (Å²) in [7, 11) is -1.83. The number of nitrogens with zero attached hydrogens (tertiary/aromatic N) is 2. The van der Waals surface area contributed by atoms with Gasteiger partial charge in [-0.3, -0.25) is 4.79 Å². The van der Waals surface area contributed by atoms with Crippen LogP contribution >= 0.6 is 0 Å². The van der Waals surface area contributed by atoms with Crippen molar-refractivity contribution in [2.45, 2.75) is 51.0 Å². The average Bonchev–Trinajstić information content (AvgIpc) is 2.74. The highest BCUT2D eigenvalue weighted by Crippen LogP contribution is 2.25. The number of hydrogen-bond acceptors (Lipinski definition) is 3. The summed E-state index contributed by atoms with van der Waals surface area (Å²) in [6.07, 6.45) is 3.81. The van der Waals surface area contributed by atoms with E-state index < -0.39 is 10.0 Å². The van der Waals surface area contributed by atoms with Crippen molar-refractivity contribution in [3.05, 3.63) is 64.7 Å². The van der Waals surface area contributed by atoms with Crippen LogP contribution in [0.2, 0.25) is 0 Å². The van der Waals surface area contributed by atoms with Gasteiger partial charge in [0.15, 0.2) is 0 Å². The van der Waals surface area contributed by atoms with Gasteiger partial charge in [-0.2, -0.15) is 4.31 Å². The molecule has 1 aliphatic heterocycles. The standard InChI is InChI=1S/C23H30N2O3S/c1-4-19-9-11-20(12-10-19)17-24(3)23(26)21-13-8-18(2)22(16-21)29(27,28)25-14-6-5-7-15-25/h8-13,16H,4-7,14-15,17H2,1-3H3. The highest BCUT2D eigenvalue weighted by molar-refractivity contribution is 7.89. The van der Waals surface area contributed by atoms with Crippen molar-refractivity contribution in [1.82, 2.24) is 9.21 Å². The van der Waals surface area contributed by atoms with E-state index in [9.17, 15) is 13.2 Å². The van der Waals surface area contributed by atoms with Gasteiger partial charge in [-0.1, -0.05) is 43.7 Å². The summed E-state index contributed by atoms with van der Waals surface area (Å²) in [4.78, 5) is 14.8. The first-order chi connectivity index (χ1) is 13.8. The fraction of sp³-hybridized carbons (Fsp3) is 0.435. The zero-order chi connectivity index (χ0) is 21.0. The fourth-order valence-electron chi connectivity index (χ4n) is 3.70. The maximum absolute atomic E-state index is 13.1. The molecule has 3 rings (SSSR count). The zero-order valence-corrected chi connectivity index (χ0v) is 18.3. The second-order valence-corrected chi connectivity index (χ2v) is 9.68. The lowest BCUT2D eigenvalue weighted by Gasteiger charge is -2.27. The van der Waals surface area contributed by atoms with Gasteiger partial charge in [-0.05, 0) is 55.0 Å². The number of amides is 1. The Morgan fingerprint density at radius 2 is 1.62 bits per heavy atom. The SMILES string of the molecule is CCc1ccc(CN(C)C(=O)c2ccc(C)c(S(=O)(=O)N3CCCCC3)c2)cc1. The molecule has 6 heteroatoms. The van der Waals surface area contributed by atoms with Crippen LogP contribution in [0.1, 0.15) is 53.2 Å². The van der Waals surface area contributed by atoms with Crippen LogP contribution in [0.3, 0.4) is 0 Å². The molecule has 5 nitrogen and oxygen atoms in total. The van der Waals surface area contributed by atoms with E-state index in [1.807, 2.05) is 12.1 Å². The Hall–Kier alpha value is -2.18. The van der Waals surface area contributed by atoms with Gasteiger partial charge in [0.05, 0.1) is 4.90 Å². The van der Waals surface area contributed by atoms with E-state index in [1.165, 1.54) is 11.6 Å². The molecule has 0 N–H and O–H groups in total. The number of hydrogen-bond donors (Lipinski definition) is 0. The third kappa shape index (κ3) is 4.87. The molecular formula is C23H30N2O3S. The van der Waals surface area contributed by atoms with E-state index >= 15 is 0 Å². The van der Waals surface area contributed by atoms with Crippen LogP contribution in [-0.2, 0) is 23.0 Å². The highest BCUT2D eigenvalue weighted by atomic mass is 32.2. The Kier molecular flexibility index (Phi) is 6.75. The third-order valence-electron chi connectivity index (χ3n) is 5.57. The monoisotopic (exact) mass is 414 g/mol. The van der Waals surface area contributed by atoms with Gasteiger partial charge in [0.1, 0.15) is 0 Å². The van der Waals surface area contributed by atoms with Crippen LogP contribution in [0.5, 0.6) is 0 Å². The molecule has 0 aliphatic carbocycles. The second-order valence-electron chi connectivity index (χ2n) is 7.78. The summed E-state index contributed by atoms with van der Waals surface area (Å²) in [5.41, 5.74) is 3.38. The molecule has 29 heavy (non-hydrogen) atoms.